The van der Waals surface area contributed by atoms with Gasteiger partial charge in [-0.3, -0.25) is 18.9 Å². The van der Waals surface area contributed by atoms with Crippen LogP contribution in [0, 0.1) is 12.3 Å². The molecular weight excluding hydrogens is 319 g/mol. The molecule has 0 radical (unpaired) electrons. The van der Waals surface area contributed by atoms with Gasteiger partial charge >= 0.3 is 13.5 Å². The summed E-state index contributed by atoms with van der Waals surface area (Å²) in [5.74, 6) is 2.10. The summed E-state index contributed by atoms with van der Waals surface area (Å²) < 4.78 is 21.2. The fourth-order valence-electron chi connectivity index (χ4n) is 2.01. The molecule has 1 saturated heterocycles. The summed E-state index contributed by atoms with van der Waals surface area (Å²) in [4.78, 5) is 42.4. The van der Waals surface area contributed by atoms with Gasteiger partial charge in [-0.2, -0.15) is 0 Å². The lowest BCUT2D eigenvalue weighted by Crippen LogP contribution is -2.33. The van der Waals surface area contributed by atoms with E-state index in [2.05, 4.69) is 10.4 Å². The number of aromatic nitrogens is 2. The molecule has 0 amide bonds. The molecule has 0 aromatic carbocycles. The molecule has 22 heavy (non-hydrogen) atoms. The molecule has 1 aromatic rings. The first-order valence-electron chi connectivity index (χ1n) is 6.07. The second-order valence-electron chi connectivity index (χ2n) is 4.57. The smallest absolute Gasteiger partial charge is 0.390 e. The van der Waals surface area contributed by atoms with Crippen LogP contribution in [0.3, 0.4) is 0 Å². The third-order valence-corrected chi connectivity index (χ3v) is 3.53. The Balaban J connectivity index is 2.19. The van der Waals surface area contributed by atoms with Gasteiger partial charge in [0.1, 0.15) is 17.9 Å². The normalized spacial score (nSPS) is 25.1. The average molecular weight is 332 g/mol. The number of nitrogens with zero attached hydrogens (tertiary/aromatic N) is 1. The zero-order chi connectivity index (χ0) is 16.5. The Labute approximate surface area is 123 Å². The minimum absolute atomic E-state index is 0.0366. The molecule has 3 atom stereocenters. The van der Waals surface area contributed by atoms with E-state index in [0.717, 1.165) is 10.8 Å². The van der Waals surface area contributed by atoms with E-state index < -0.39 is 44.1 Å². The van der Waals surface area contributed by atoms with Crippen LogP contribution in [-0.2, 0) is 13.8 Å². The second kappa shape index (κ2) is 6.18. The van der Waals surface area contributed by atoms with E-state index in [1.165, 1.54) is 0 Å². The molecule has 10 nitrogen and oxygen atoms in total. The number of rotatable bonds is 4. The molecule has 0 spiro atoms. The summed E-state index contributed by atoms with van der Waals surface area (Å²) in [6, 6.07) is 0. The van der Waals surface area contributed by atoms with Gasteiger partial charge < -0.3 is 19.6 Å². The molecule has 0 aliphatic carbocycles. The predicted octanol–water partition coefficient (Wildman–Crippen LogP) is -1.72. The number of hydrogen-bond acceptors (Lipinski definition) is 6. The van der Waals surface area contributed by atoms with Crippen LogP contribution in [0.25, 0.3) is 0 Å². The molecule has 2 heterocycles. The molecule has 0 bridgehead atoms. The number of terminal acetylenes is 1. The first kappa shape index (κ1) is 16.6. The maximum Gasteiger partial charge on any atom is 0.469 e. The summed E-state index contributed by atoms with van der Waals surface area (Å²) in [6.45, 7) is -0.554. The minimum atomic E-state index is -4.70. The molecule has 1 aromatic heterocycles. The van der Waals surface area contributed by atoms with Crippen LogP contribution in [0.5, 0.6) is 0 Å². The van der Waals surface area contributed by atoms with Crippen molar-refractivity contribution >= 4 is 7.82 Å². The second-order valence-corrected chi connectivity index (χ2v) is 5.81. The van der Waals surface area contributed by atoms with Crippen molar-refractivity contribution in [3.8, 4) is 12.3 Å². The van der Waals surface area contributed by atoms with E-state index in [9.17, 15) is 19.3 Å². The fraction of sp³-hybridized carbons (Fsp3) is 0.455. The molecule has 1 aliphatic heterocycles. The van der Waals surface area contributed by atoms with Crippen LogP contribution in [0.2, 0.25) is 0 Å². The number of phosphoric ester groups is 1. The van der Waals surface area contributed by atoms with Crippen molar-refractivity contribution in [3.63, 3.8) is 0 Å². The molecule has 4 N–H and O–H groups in total. The average Bonchev–Trinajstić information content (AvgIpc) is 2.77. The zero-order valence-electron chi connectivity index (χ0n) is 11.1. The number of nitrogens with one attached hydrogen (secondary N) is 1. The van der Waals surface area contributed by atoms with Crippen molar-refractivity contribution in [1.29, 1.82) is 0 Å². The molecule has 120 valence electrons. The quantitative estimate of drug-likeness (QED) is 0.375. The Hall–Kier alpha value is -1.73. The standard InChI is InChI=1S/C11H13N2O8P/c1-2-6-4-13(11(16)12-10(6)15)9-3-7(14)8(21-9)5-20-22(17,18)19/h1,4,7-9,14H,3,5H2,(H,12,15,16)(H2,17,18,19)/t7-,8+,9-/m0/s1. The monoisotopic (exact) mass is 332 g/mol. The van der Waals surface area contributed by atoms with Gasteiger partial charge in [-0.1, -0.05) is 5.92 Å². The highest BCUT2D eigenvalue weighted by Crippen LogP contribution is 2.38. The largest absolute Gasteiger partial charge is 0.469 e. The van der Waals surface area contributed by atoms with Crippen molar-refractivity contribution in [2.24, 2.45) is 0 Å². The van der Waals surface area contributed by atoms with E-state index in [0.29, 0.717) is 0 Å². The van der Waals surface area contributed by atoms with Crippen LogP contribution >= 0.6 is 7.82 Å². The van der Waals surface area contributed by atoms with E-state index in [1.807, 2.05) is 4.98 Å². The van der Waals surface area contributed by atoms with E-state index in [-0.39, 0.29) is 12.0 Å². The summed E-state index contributed by atoms with van der Waals surface area (Å²) in [6.07, 6.45) is 3.13. The van der Waals surface area contributed by atoms with Crippen LogP contribution < -0.4 is 11.2 Å². The highest BCUT2D eigenvalue weighted by Gasteiger charge is 2.37. The Bertz CT molecular complexity index is 757. The first-order valence-corrected chi connectivity index (χ1v) is 7.60. The number of aromatic amines is 1. The predicted molar refractivity (Wildman–Crippen MR) is 71.8 cm³/mol. The lowest BCUT2D eigenvalue weighted by Gasteiger charge is -2.16. The van der Waals surface area contributed by atoms with Gasteiger partial charge in [0.15, 0.2) is 0 Å². The van der Waals surface area contributed by atoms with Gasteiger partial charge in [0.2, 0.25) is 0 Å². The van der Waals surface area contributed by atoms with E-state index in [4.69, 9.17) is 20.9 Å². The Morgan fingerprint density at radius 2 is 2.23 bits per heavy atom. The number of aliphatic hydroxyl groups excluding tert-OH is 1. The van der Waals surface area contributed by atoms with Crippen molar-refractivity contribution < 1.29 is 28.7 Å². The van der Waals surface area contributed by atoms with Crippen LogP contribution in [0.4, 0.5) is 0 Å². The Morgan fingerprint density at radius 1 is 1.55 bits per heavy atom. The number of aliphatic hydroxyl groups is 1. The van der Waals surface area contributed by atoms with Gasteiger partial charge in [-0.05, 0) is 0 Å². The number of hydrogen-bond donors (Lipinski definition) is 4. The SMILES string of the molecule is C#Cc1cn([C@@H]2C[C@H](O)[C@@H](COP(=O)(O)O)O2)c(=O)[nH]c1=O. The number of ether oxygens (including phenoxy) is 1. The Morgan fingerprint density at radius 3 is 2.82 bits per heavy atom. The molecular formula is C11H13N2O8P. The zero-order valence-corrected chi connectivity index (χ0v) is 12.0. The van der Waals surface area contributed by atoms with Gasteiger partial charge in [0.05, 0.1) is 12.7 Å². The summed E-state index contributed by atoms with van der Waals surface area (Å²) in [5, 5.41) is 9.80. The van der Waals surface area contributed by atoms with E-state index in [1.54, 1.807) is 0 Å². The van der Waals surface area contributed by atoms with Gasteiger partial charge in [-0.25, -0.2) is 9.36 Å². The van der Waals surface area contributed by atoms with Crippen molar-refractivity contribution in [2.45, 2.75) is 24.9 Å². The lowest BCUT2D eigenvalue weighted by atomic mass is 10.2. The number of phosphoric acid groups is 1. The van der Waals surface area contributed by atoms with Gasteiger partial charge in [-0.15, -0.1) is 6.42 Å². The summed E-state index contributed by atoms with van der Waals surface area (Å²) >= 11 is 0. The van der Waals surface area contributed by atoms with Crippen molar-refractivity contribution in [1.82, 2.24) is 9.55 Å². The van der Waals surface area contributed by atoms with Gasteiger partial charge in [0, 0.05) is 12.6 Å². The van der Waals surface area contributed by atoms with Crippen LogP contribution in [0.1, 0.15) is 18.2 Å². The summed E-state index contributed by atoms with van der Waals surface area (Å²) in [5.41, 5.74) is -1.59. The van der Waals surface area contributed by atoms with Crippen LogP contribution in [0.15, 0.2) is 15.8 Å². The lowest BCUT2D eigenvalue weighted by molar-refractivity contribution is -0.0451. The Kier molecular flexibility index (Phi) is 4.67. The topological polar surface area (TPSA) is 151 Å². The number of H-pyrrole nitrogens is 1. The van der Waals surface area contributed by atoms with Crippen molar-refractivity contribution in [2.75, 3.05) is 6.61 Å². The maximum absolute atomic E-state index is 11.7. The fourth-order valence-corrected chi connectivity index (χ4v) is 2.35. The van der Waals surface area contributed by atoms with Crippen molar-refractivity contribution in [3.05, 3.63) is 32.6 Å². The molecule has 0 unspecified atom stereocenters. The third kappa shape index (κ3) is 3.72. The maximum atomic E-state index is 11.7. The molecule has 2 rings (SSSR count). The van der Waals surface area contributed by atoms with Crippen LogP contribution in [-0.4, -0.2) is 43.3 Å². The minimum Gasteiger partial charge on any atom is -0.390 e. The third-order valence-electron chi connectivity index (χ3n) is 3.04. The van der Waals surface area contributed by atoms with Gasteiger partial charge in [0.25, 0.3) is 5.56 Å². The highest BCUT2D eigenvalue weighted by molar-refractivity contribution is 7.46. The summed E-state index contributed by atoms with van der Waals surface area (Å²) in [7, 11) is -4.70. The molecule has 0 saturated carbocycles. The first-order chi connectivity index (χ1) is 10.2. The molecule has 11 heteroatoms. The van der Waals surface area contributed by atoms with E-state index >= 15 is 0 Å². The molecule has 1 aliphatic rings. The molecule has 1 fully saturated rings. The highest BCUT2D eigenvalue weighted by atomic mass is 31.2.